The molecule has 0 aliphatic carbocycles. The molecular weight excluding hydrogens is 273 g/mol. The lowest BCUT2D eigenvalue weighted by molar-refractivity contribution is -0.141. The average molecular weight is 291 g/mol. The summed E-state index contributed by atoms with van der Waals surface area (Å²) in [5.41, 5.74) is 1.13. The summed E-state index contributed by atoms with van der Waals surface area (Å²) in [5.74, 6) is -0.602. The molecule has 1 saturated heterocycles. The van der Waals surface area contributed by atoms with Crippen LogP contribution in [-0.4, -0.2) is 50.7 Å². The molecule has 0 N–H and O–H groups in total. The third kappa shape index (κ3) is 3.92. The maximum Gasteiger partial charge on any atom is 0.306 e. The van der Waals surface area contributed by atoms with Gasteiger partial charge in [-0.3, -0.25) is 9.69 Å². The van der Waals surface area contributed by atoms with Crippen LogP contribution in [0, 0.1) is 17.1 Å². The molecule has 0 aromatic heterocycles. The third-order valence-electron chi connectivity index (χ3n) is 3.65. The Kier molecular flexibility index (Phi) is 5.12. The number of esters is 1. The lowest BCUT2D eigenvalue weighted by Gasteiger charge is -2.36. The Morgan fingerprint density at radius 1 is 1.38 bits per heavy atom. The molecule has 21 heavy (non-hydrogen) atoms. The zero-order valence-electron chi connectivity index (χ0n) is 12.0. The molecule has 6 heteroatoms. The van der Waals surface area contributed by atoms with Gasteiger partial charge in [0, 0.05) is 32.7 Å². The molecule has 1 aromatic rings. The van der Waals surface area contributed by atoms with Crippen molar-refractivity contribution in [3.63, 3.8) is 0 Å². The van der Waals surface area contributed by atoms with Crippen LogP contribution in [0.25, 0.3) is 0 Å². The predicted molar refractivity (Wildman–Crippen MR) is 76.4 cm³/mol. The van der Waals surface area contributed by atoms with E-state index in [2.05, 4.69) is 14.5 Å². The van der Waals surface area contributed by atoms with Gasteiger partial charge in [0.05, 0.1) is 24.8 Å². The standard InChI is InChI=1S/C15H18FN3O2/c1-21-15(20)4-5-18-6-8-19(9-7-18)14-3-2-13(16)10-12(14)11-17/h2-3,10H,4-9H2,1H3. The van der Waals surface area contributed by atoms with E-state index in [0.29, 0.717) is 18.5 Å². The molecule has 0 unspecified atom stereocenters. The highest BCUT2D eigenvalue weighted by Crippen LogP contribution is 2.22. The molecule has 0 bridgehead atoms. The van der Waals surface area contributed by atoms with Gasteiger partial charge in [0.15, 0.2) is 0 Å². The molecule has 1 aliphatic rings. The SMILES string of the molecule is COC(=O)CCN1CCN(c2ccc(F)cc2C#N)CC1. The monoisotopic (exact) mass is 291 g/mol. The van der Waals surface area contributed by atoms with Crippen LogP contribution in [0.15, 0.2) is 18.2 Å². The fourth-order valence-corrected chi connectivity index (χ4v) is 2.44. The number of ether oxygens (including phenoxy) is 1. The summed E-state index contributed by atoms with van der Waals surface area (Å²) in [7, 11) is 1.39. The molecule has 0 saturated carbocycles. The summed E-state index contributed by atoms with van der Waals surface area (Å²) in [4.78, 5) is 15.4. The molecule has 0 radical (unpaired) electrons. The smallest absolute Gasteiger partial charge is 0.306 e. The summed E-state index contributed by atoms with van der Waals surface area (Å²) in [6.45, 7) is 3.79. The number of anilines is 1. The molecule has 1 fully saturated rings. The van der Waals surface area contributed by atoms with Crippen LogP contribution in [0.5, 0.6) is 0 Å². The fraction of sp³-hybridized carbons (Fsp3) is 0.467. The van der Waals surface area contributed by atoms with E-state index in [1.165, 1.54) is 19.2 Å². The van der Waals surface area contributed by atoms with E-state index in [1.807, 2.05) is 6.07 Å². The van der Waals surface area contributed by atoms with Crippen LogP contribution in [0.4, 0.5) is 10.1 Å². The number of carbonyl (C=O) groups excluding carboxylic acids is 1. The number of nitriles is 1. The van der Waals surface area contributed by atoms with Crippen molar-refractivity contribution in [2.24, 2.45) is 0 Å². The lowest BCUT2D eigenvalue weighted by atomic mass is 10.1. The van der Waals surface area contributed by atoms with Gasteiger partial charge in [-0.15, -0.1) is 0 Å². The maximum atomic E-state index is 13.2. The summed E-state index contributed by atoms with van der Waals surface area (Å²) >= 11 is 0. The van der Waals surface area contributed by atoms with Gasteiger partial charge >= 0.3 is 5.97 Å². The third-order valence-corrected chi connectivity index (χ3v) is 3.65. The second-order valence-electron chi connectivity index (χ2n) is 4.93. The Hall–Kier alpha value is -2.13. The number of methoxy groups -OCH3 is 1. The number of carbonyl (C=O) groups is 1. The first-order valence-corrected chi connectivity index (χ1v) is 6.88. The maximum absolute atomic E-state index is 13.2. The summed E-state index contributed by atoms with van der Waals surface area (Å²) in [6.07, 6.45) is 0.385. The number of hydrogen-bond acceptors (Lipinski definition) is 5. The first-order chi connectivity index (χ1) is 10.1. The van der Waals surface area contributed by atoms with Gasteiger partial charge in [-0.05, 0) is 18.2 Å². The van der Waals surface area contributed by atoms with Crippen LogP contribution >= 0.6 is 0 Å². The van der Waals surface area contributed by atoms with Gasteiger partial charge in [0.2, 0.25) is 0 Å². The molecule has 0 amide bonds. The number of halogens is 1. The van der Waals surface area contributed by atoms with Crippen LogP contribution < -0.4 is 4.90 Å². The van der Waals surface area contributed by atoms with Gasteiger partial charge in [0.1, 0.15) is 11.9 Å². The van der Waals surface area contributed by atoms with E-state index < -0.39 is 5.82 Å². The van der Waals surface area contributed by atoms with E-state index in [0.717, 1.165) is 31.9 Å². The largest absolute Gasteiger partial charge is 0.469 e. The molecular formula is C15H18FN3O2. The predicted octanol–water partition coefficient (Wildman–Crippen LogP) is 1.38. The molecule has 0 atom stereocenters. The Labute approximate surface area is 123 Å². The molecule has 5 nitrogen and oxygen atoms in total. The Morgan fingerprint density at radius 3 is 2.71 bits per heavy atom. The minimum absolute atomic E-state index is 0.206. The normalized spacial score (nSPS) is 15.6. The average Bonchev–Trinajstić information content (AvgIpc) is 2.53. The van der Waals surface area contributed by atoms with Gasteiger partial charge < -0.3 is 9.64 Å². The van der Waals surface area contributed by atoms with Crippen molar-refractivity contribution in [2.45, 2.75) is 6.42 Å². The van der Waals surface area contributed by atoms with E-state index in [-0.39, 0.29) is 5.97 Å². The van der Waals surface area contributed by atoms with Gasteiger partial charge in [-0.25, -0.2) is 4.39 Å². The summed E-state index contributed by atoms with van der Waals surface area (Å²) in [5, 5.41) is 9.09. The molecule has 1 heterocycles. The van der Waals surface area contributed by atoms with Gasteiger partial charge in [0.25, 0.3) is 0 Å². The minimum atomic E-state index is -0.396. The van der Waals surface area contributed by atoms with Crippen LogP contribution in [0.2, 0.25) is 0 Å². The van der Waals surface area contributed by atoms with Crippen molar-refractivity contribution in [3.8, 4) is 6.07 Å². The van der Waals surface area contributed by atoms with E-state index in [4.69, 9.17) is 5.26 Å². The zero-order chi connectivity index (χ0) is 15.2. The van der Waals surface area contributed by atoms with Crippen molar-refractivity contribution in [1.82, 2.24) is 4.90 Å². The lowest BCUT2D eigenvalue weighted by Crippen LogP contribution is -2.47. The first kappa shape index (κ1) is 15.3. The second-order valence-corrected chi connectivity index (χ2v) is 4.93. The number of hydrogen-bond donors (Lipinski definition) is 0. The van der Waals surface area contributed by atoms with Crippen LogP contribution in [-0.2, 0) is 9.53 Å². The molecule has 2 rings (SSSR count). The zero-order valence-corrected chi connectivity index (χ0v) is 12.0. The molecule has 1 aliphatic heterocycles. The number of rotatable bonds is 4. The summed E-state index contributed by atoms with van der Waals surface area (Å²) in [6, 6.07) is 6.32. The quantitative estimate of drug-likeness (QED) is 0.785. The van der Waals surface area contributed by atoms with Crippen LogP contribution in [0.3, 0.4) is 0 Å². The minimum Gasteiger partial charge on any atom is -0.469 e. The second kappa shape index (κ2) is 7.04. The van der Waals surface area contributed by atoms with Crippen molar-refractivity contribution in [1.29, 1.82) is 5.26 Å². The highest BCUT2D eigenvalue weighted by atomic mass is 19.1. The molecule has 0 spiro atoms. The number of piperazine rings is 1. The van der Waals surface area contributed by atoms with Gasteiger partial charge in [-0.2, -0.15) is 5.26 Å². The van der Waals surface area contributed by atoms with Crippen molar-refractivity contribution in [3.05, 3.63) is 29.6 Å². The van der Waals surface area contributed by atoms with Crippen LogP contribution in [0.1, 0.15) is 12.0 Å². The Morgan fingerprint density at radius 2 is 2.10 bits per heavy atom. The van der Waals surface area contributed by atoms with Crippen molar-refractivity contribution < 1.29 is 13.9 Å². The molecule has 1 aromatic carbocycles. The van der Waals surface area contributed by atoms with Crippen molar-refractivity contribution in [2.75, 3.05) is 44.7 Å². The highest BCUT2D eigenvalue weighted by Gasteiger charge is 2.20. The van der Waals surface area contributed by atoms with E-state index in [1.54, 1.807) is 6.07 Å². The van der Waals surface area contributed by atoms with E-state index in [9.17, 15) is 9.18 Å². The summed E-state index contributed by atoms with van der Waals surface area (Å²) < 4.78 is 17.8. The van der Waals surface area contributed by atoms with Crippen molar-refractivity contribution >= 4 is 11.7 Å². The Bertz CT molecular complexity index is 548. The highest BCUT2D eigenvalue weighted by molar-refractivity contribution is 5.69. The number of nitrogens with zero attached hydrogens (tertiary/aromatic N) is 3. The first-order valence-electron chi connectivity index (χ1n) is 6.88. The van der Waals surface area contributed by atoms with Gasteiger partial charge in [-0.1, -0.05) is 0 Å². The topological polar surface area (TPSA) is 56.6 Å². The van der Waals surface area contributed by atoms with E-state index >= 15 is 0 Å². The number of benzene rings is 1. The Balaban J connectivity index is 1.92. The fourth-order valence-electron chi connectivity index (χ4n) is 2.44. The molecule has 112 valence electrons.